The molecule has 4 heteroatoms. The van der Waals surface area contributed by atoms with Gasteiger partial charge in [0.05, 0.1) is 11.4 Å². The van der Waals surface area contributed by atoms with Gasteiger partial charge >= 0.3 is 0 Å². The molecule has 108 valence electrons. The van der Waals surface area contributed by atoms with E-state index in [1.54, 1.807) is 0 Å². The number of rotatable bonds is 3. The van der Waals surface area contributed by atoms with Crippen LogP contribution in [0.1, 0.15) is 65.0 Å². The summed E-state index contributed by atoms with van der Waals surface area (Å²) in [5.74, 6) is 1.36. The Labute approximate surface area is 116 Å². The van der Waals surface area contributed by atoms with Gasteiger partial charge in [-0.15, -0.1) is 0 Å². The summed E-state index contributed by atoms with van der Waals surface area (Å²) >= 11 is 0. The van der Waals surface area contributed by atoms with Crippen molar-refractivity contribution in [1.29, 1.82) is 0 Å². The Hall–Kier alpha value is -1.19. The van der Waals surface area contributed by atoms with E-state index >= 15 is 0 Å². The molecule has 3 N–H and O–H groups in total. The van der Waals surface area contributed by atoms with E-state index < -0.39 is 0 Å². The predicted octanol–water partition coefficient (Wildman–Crippen LogP) is 3.51. The Morgan fingerprint density at radius 2 is 2.11 bits per heavy atom. The van der Waals surface area contributed by atoms with E-state index in [2.05, 4.69) is 38.1 Å². The zero-order valence-corrected chi connectivity index (χ0v) is 13.0. The molecule has 1 aliphatic rings. The molecule has 19 heavy (non-hydrogen) atoms. The van der Waals surface area contributed by atoms with Crippen LogP contribution >= 0.6 is 0 Å². The molecule has 4 nitrogen and oxygen atoms in total. The van der Waals surface area contributed by atoms with Gasteiger partial charge in [-0.05, 0) is 30.6 Å². The number of anilines is 2. The first-order valence-corrected chi connectivity index (χ1v) is 7.39. The van der Waals surface area contributed by atoms with E-state index in [1.807, 2.05) is 11.7 Å². The highest BCUT2D eigenvalue weighted by atomic mass is 15.3. The molecule has 0 radical (unpaired) electrons. The molecule has 0 spiro atoms. The van der Waals surface area contributed by atoms with Crippen LogP contribution in [0.2, 0.25) is 0 Å². The number of hydrogen-bond acceptors (Lipinski definition) is 3. The van der Waals surface area contributed by atoms with Crippen molar-refractivity contribution >= 4 is 11.5 Å². The lowest BCUT2D eigenvalue weighted by Crippen LogP contribution is -2.32. The molecular weight excluding hydrogens is 236 g/mol. The Kier molecular flexibility index (Phi) is 3.79. The number of nitrogens with zero attached hydrogens (tertiary/aromatic N) is 2. The smallest absolute Gasteiger partial charge is 0.148 e. The van der Waals surface area contributed by atoms with Gasteiger partial charge in [0.2, 0.25) is 0 Å². The minimum absolute atomic E-state index is 0.365. The van der Waals surface area contributed by atoms with E-state index in [1.165, 1.54) is 25.7 Å². The van der Waals surface area contributed by atoms with Gasteiger partial charge < -0.3 is 11.1 Å². The van der Waals surface area contributed by atoms with Crippen molar-refractivity contribution in [1.82, 2.24) is 9.78 Å². The Balaban J connectivity index is 2.15. The molecule has 1 saturated carbocycles. The monoisotopic (exact) mass is 264 g/mol. The number of nitrogens with two attached hydrogens (primary N) is 1. The quantitative estimate of drug-likeness (QED) is 0.878. The third-order valence-electron chi connectivity index (χ3n) is 4.21. The maximum absolute atomic E-state index is 6.24. The molecule has 1 aromatic heterocycles. The largest absolute Gasteiger partial charge is 0.394 e. The van der Waals surface area contributed by atoms with Gasteiger partial charge in [-0.3, -0.25) is 4.68 Å². The van der Waals surface area contributed by atoms with Crippen molar-refractivity contribution < 1.29 is 0 Å². The third kappa shape index (κ3) is 3.04. The summed E-state index contributed by atoms with van der Waals surface area (Å²) < 4.78 is 1.90. The fourth-order valence-electron chi connectivity index (χ4n) is 3.17. The fourth-order valence-corrected chi connectivity index (χ4v) is 3.17. The van der Waals surface area contributed by atoms with E-state index in [0.29, 0.717) is 17.4 Å². The molecule has 1 aliphatic carbocycles. The minimum atomic E-state index is 0.365. The summed E-state index contributed by atoms with van der Waals surface area (Å²) in [5.41, 5.74) is 8.50. The average molecular weight is 264 g/mol. The first-order valence-electron chi connectivity index (χ1n) is 7.39. The summed E-state index contributed by atoms with van der Waals surface area (Å²) in [7, 11) is 1.97. The van der Waals surface area contributed by atoms with E-state index in [9.17, 15) is 0 Å². The van der Waals surface area contributed by atoms with Crippen LogP contribution in [0.5, 0.6) is 0 Å². The Morgan fingerprint density at radius 3 is 2.63 bits per heavy atom. The fraction of sp³-hybridized carbons (Fsp3) is 0.800. The summed E-state index contributed by atoms with van der Waals surface area (Å²) in [6.45, 7) is 8.97. The summed E-state index contributed by atoms with van der Waals surface area (Å²) in [5, 5.41) is 8.16. The highest BCUT2D eigenvalue weighted by Crippen LogP contribution is 2.37. The first kappa shape index (κ1) is 14.2. The molecule has 1 unspecified atom stereocenters. The van der Waals surface area contributed by atoms with Crippen LogP contribution in [-0.4, -0.2) is 15.8 Å². The number of nitrogen functional groups attached to an aromatic ring is 1. The van der Waals surface area contributed by atoms with Gasteiger partial charge in [-0.2, -0.15) is 5.10 Å². The van der Waals surface area contributed by atoms with Gasteiger partial charge in [-0.25, -0.2) is 0 Å². The lowest BCUT2D eigenvalue weighted by molar-refractivity contribution is 0.229. The van der Waals surface area contributed by atoms with Crippen LogP contribution in [0.3, 0.4) is 0 Å². The number of aromatic nitrogens is 2. The van der Waals surface area contributed by atoms with Gasteiger partial charge in [0, 0.05) is 13.1 Å². The lowest BCUT2D eigenvalue weighted by atomic mass is 9.75. The molecule has 0 aromatic carbocycles. The van der Waals surface area contributed by atoms with Crippen LogP contribution in [0.4, 0.5) is 11.5 Å². The Bertz CT molecular complexity index is 445. The summed E-state index contributed by atoms with van der Waals surface area (Å²) in [6.07, 6.45) is 5.04. The normalized spacial score (nSPS) is 22.7. The number of hydrogen-bond donors (Lipinski definition) is 2. The zero-order valence-electron chi connectivity index (χ0n) is 13.0. The van der Waals surface area contributed by atoms with Crippen molar-refractivity contribution in [3.8, 4) is 0 Å². The average Bonchev–Trinajstić information content (AvgIpc) is 2.56. The van der Waals surface area contributed by atoms with Crippen LogP contribution in [-0.2, 0) is 7.05 Å². The molecule has 1 aromatic rings. The summed E-state index contributed by atoms with van der Waals surface area (Å²) in [4.78, 5) is 0. The predicted molar refractivity (Wildman–Crippen MR) is 81.4 cm³/mol. The van der Waals surface area contributed by atoms with E-state index in [0.717, 1.165) is 17.2 Å². The second-order valence-electron chi connectivity index (χ2n) is 7.03. The minimum Gasteiger partial charge on any atom is -0.394 e. The van der Waals surface area contributed by atoms with Gasteiger partial charge in [0.15, 0.2) is 0 Å². The third-order valence-corrected chi connectivity index (χ3v) is 4.21. The standard InChI is InChI=1S/C15H28N4/c1-10(2)13-12(16)14(19(5)18-13)17-11-7-6-8-15(3,4)9-11/h10-11,17H,6-9,16H2,1-5H3. The molecule has 1 atom stereocenters. The molecule has 0 amide bonds. The van der Waals surface area contributed by atoms with Gasteiger partial charge in [0.1, 0.15) is 5.82 Å². The molecule has 0 saturated heterocycles. The van der Waals surface area contributed by atoms with Crippen LogP contribution < -0.4 is 11.1 Å². The molecule has 2 rings (SSSR count). The second-order valence-corrected chi connectivity index (χ2v) is 7.03. The number of aryl methyl sites for hydroxylation is 1. The van der Waals surface area contributed by atoms with Crippen molar-refractivity contribution in [2.45, 2.75) is 65.3 Å². The highest BCUT2D eigenvalue weighted by molar-refractivity contribution is 5.66. The molecular formula is C15H28N4. The van der Waals surface area contributed by atoms with Crippen LogP contribution in [0.15, 0.2) is 0 Å². The lowest BCUT2D eigenvalue weighted by Gasteiger charge is -2.36. The molecule has 1 fully saturated rings. The topological polar surface area (TPSA) is 55.9 Å². The second kappa shape index (κ2) is 5.06. The van der Waals surface area contributed by atoms with Crippen molar-refractivity contribution in [3.05, 3.63) is 5.69 Å². The molecule has 0 bridgehead atoms. The highest BCUT2D eigenvalue weighted by Gasteiger charge is 2.29. The Morgan fingerprint density at radius 1 is 1.42 bits per heavy atom. The van der Waals surface area contributed by atoms with E-state index in [-0.39, 0.29) is 0 Å². The van der Waals surface area contributed by atoms with E-state index in [4.69, 9.17) is 5.73 Å². The zero-order chi connectivity index (χ0) is 14.2. The van der Waals surface area contributed by atoms with Crippen LogP contribution in [0, 0.1) is 5.41 Å². The van der Waals surface area contributed by atoms with Gasteiger partial charge in [-0.1, -0.05) is 34.1 Å². The maximum atomic E-state index is 6.24. The van der Waals surface area contributed by atoms with Crippen LogP contribution in [0.25, 0.3) is 0 Å². The van der Waals surface area contributed by atoms with Crippen molar-refractivity contribution in [3.63, 3.8) is 0 Å². The first-order chi connectivity index (χ1) is 8.80. The SMILES string of the molecule is CC(C)c1nn(C)c(NC2CCCC(C)(C)C2)c1N. The summed E-state index contributed by atoms with van der Waals surface area (Å²) in [6, 6.07) is 0.515. The van der Waals surface area contributed by atoms with Gasteiger partial charge in [0.25, 0.3) is 0 Å². The van der Waals surface area contributed by atoms with Crippen molar-refractivity contribution in [2.75, 3.05) is 11.1 Å². The van der Waals surface area contributed by atoms with Crippen molar-refractivity contribution in [2.24, 2.45) is 12.5 Å². The number of nitrogens with one attached hydrogen (secondary N) is 1. The maximum Gasteiger partial charge on any atom is 0.148 e. The molecule has 0 aliphatic heterocycles. The molecule has 1 heterocycles.